The van der Waals surface area contributed by atoms with Crippen molar-refractivity contribution in [3.8, 4) is 27.9 Å². The van der Waals surface area contributed by atoms with Gasteiger partial charge in [-0.3, -0.25) is 0 Å². The summed E-state index contributed by atoms with van der Waals surface area (Å²) in [6, 6.07) is 60.9. The van der Waals surface area contributed by atoms with Crippen molar-refractivity contribution in [3.05, 3.63) is 175 Å². The molecule has 0 N–H and O–H groups in total. The van der Waals surface area contributed by atoms with Crippen LogP contribution in [0.1, 0.15) is 11.1 Å². The maximum atomic E-state index is 2.51. The van der Waals surface area contributed by atoms with E-state index in [1.807, 2.05) is 0 Å². The van der Waals surface area contributed by atoms with Crippen molar-refractivity contribution in [3.63, 3.8) is 0 Å². The summed E-state index contributed by atoms with van der Waals surface area (Å²) >= 11 is 0. The summed E-state index contributed by atoms with van der Waals surface area (Å²) in [6.07, 6.45) is 0.898. The predicted molar refractivity (Wildman–Crippen MR) is 204 cm³/mol. The number of nitrogens with zero attached hydrogens (tertiary/aromatic N) is 1. The first-order valence-electron chi connectivity index (χ1n) is 16.8. The van der Waals surface area contributed by atoms with E-state index >= 15 is 0 Å². The fourth-order valence-electron chi connectivity index (χ4n) is 8.69. The van der Waals surface area contributed by atoms with Gasteiger partial charge in [0.05, 0.1) is 16.7 Å². The Morgan fingerprint density at radius 2 is 0.896 bits per heavy atom. The van der Waals surface area contributed by atoms with E-state index in [2.05, 4.69) is 168 Å². The molecule has 1 heteroatoms. The summed E-state index contributed by atoms with van der Waals surface area (Å²) in [7, 11) is 0. The van der Waals surface area contributed by atoms with E-state index in [1.165, 1.54) is 104 Å². The minimum atomic E-state index is 0.898. The number of rotatable bonds is 2. The molecule has 10 aromatic rings. The lowest BCUT2D eigenvalue weighted by Crippen LogP contribution is -1.99. The molecule has 0 saturated carbocycles. The summed E-state index contributed by atoms with van der Waals surface area (Å²) in [5, 5.41) is 13.0. The molecular formula is C47H29N. The fourth-order valence-corrected chi connectivity index (χ4v) is 8.69. The van der Waals surface area contributed by atoms with E-state index in [9.17, 15) is 0 Å². The van der Waals surface area contributed by atoms with Crippen LogP contribution < -0.4 is 0 Å². The Labute approximate surface area is 277 Å². The summed E-state index contributed by atoms with van der Waals surface area (Å²) in [5.74, 6) is 0. The fraction of sp³-hybridized carbons (Fsp3) is 0.0213. The highest BCUT2D eigenvalue weighted by Gasteiger charge is 2.26. The zero-order valence-corrected chi connectivity index (χ0v) is 26.2. The Bertz CT molecular complexity index is 2940. The van der Waals surface area contributed by atoms with Crippen LogP contribution in [0.15, 0.2) is 164 Å². The maximum absolute atomic E-state index is 2.51. The molecule has 1 aliphatic carbocycles. The van der Waals surface area contributed by atoms with Crippen LogP contribution in [0.3, 0.4) is 0 Å². The quantitative estimate of drug-likeness (QED) is 0.172. The van der Waals surface area contributed by atoms with Crippen LogP contribution in [0.25, 0.3) is 92.8 Å². The molecule has 0 atom stereocenters. The van der Waals surface area contributed by atoms with Gasteiger partial charge in [-0.25, -0.2) is 0 Å². The molecule has 1 aromatic heterocycles. The van der Waals surface area contributed by atoms with Gasteiger partial charge in [0.1, 0.15) is 0 Å². The summed E-state index contributed by atoms with van der Waals surface area (Å²) in [5.41, 5.74) is 11.9. The second kappa shape index (κ2) is 9.67. The molecule has 11 rings (SSSR count). The molecule has 0 saturated heterocycles. The van der Waals surface area contributed by atoms with Crippen molar-refractivity contribution in [2.45, 2.75) is 6.42 Å². The first-order valence-corrected chi connectivity index (χ1v) is 16.8. The van der Waals surface area contributed by atoms with Gasteiger partial charge < -0.3 is 4.57 Å². The Morgan fingerprint density at radius 3 is 1.65 bits per heavy atom. The number of hydrogen-bond donors (Lipinski definition) is 0. The zero-order valence-electron chi connectivity index (χ0n) is 26.2. The van der Waals surface area contributed by atoms with Crippen molar-refractivity contribution in [2.24, 2.45) is 0 Å². The van der Waals surface area contributed by atoms with Gasteiger partial charge in [0.25, 0.3) is 0 Å². The van der Waals surface area contributed by atoms with E-state index in [-0.39, 0.29) is 0 Å². The third-order valence-corrected chi connectivity index (χ3v) is 10.8. The van der Waals surface area contributed by atoms with Crippen LogP contribution in [0.2, 0.25) is 0 Å². The van der Waals surface area contributed by atoms with E-state index in [4.69, 9.17) is 0 Å². The average molecular weight is 608 g/mol. The van der Waals surface area contributed by atoms with Crippen molar-refractivity contribution in [2.75, 3.05) is 0 Å². The molecule has 9 aromatic carbocycles. The van der Waals surface area contributed by atoms with Crippen LogP contribution in [0.4, 0.5) is 0 Å². The van der Waals surface area contributed by atoms with Crippen molar-refractivity contribution in [1.82, 2.24) is 4.57 Å². The second-order valence-electron chi connectivity index (χ2n) is 13.2. The first kappa shape index (κ1) is 25.9. The molecule has 0 spiro atoms. The van der Waals surface area contributed by atoms with Gasteiger partial charge in [-0.05, 0) is 107 Å². The SMILES string of the molecule is c1cc(-c2ccc3c4ccccc4c4ccccc4c3c2)c2c(c1)-c1cccc(-n3c4ccccc4c4cc5ccccc5cc43)c1C2. The smallest absolute Gasteiger partial charge is 0.0547 e. The number of hydrogen-bond acceptors (Lipinski definition) is 0. The van der Waals surface area contributed by atoms with Gasteiger partial charge >= 0.3 is 0 Å². The number of benzene rings is 9. The molecule has 1 aliphatic rings. The molecule has 0 aliphatic heterocycles. The summed E-state index contributed by atoms with van der Waals surface area (Å²) < 4.78 is 2.51. The van der Waals surface area contributed by atoms with Gasteiger partial charge in [0.2, 0.25) is 0 Å². The van der Waals surface area contributed by atoms with Crippen molar-refractivity contribution < 1.29 is 0 Å². The number of aromatic nitrogens is 1. The molecule has 0 radical (unpaired) electrons. The van der Waals surface area contributed by atoms with Crippen LogP contribution in [-0.4, -0.2) is 4.57 Å². The molecule has 0 unspecified atom stereocenters. The Kier molecular flexibility index (Phi) is 5.23. The first-order chi connectivity index (χ1) is 23.8. The lowest BCUT2D eigenvalue weighted by atomic mass is 9.90. The molecular weight excluding hydrogens is 579 g/mol. The van der Waals surface area contributed by atoms with Crippen molar-refractivity contribution in [1.29, 1.82) is 0 Å². The zero-order chi connectivity index (χ0) is 31.3. The standard InChI is InChI=1S/C47H29N/c1-2-12-30-27-47-43(25-29(30)11-1)40-17-7-8-21-45(40)48(47)46-22-10-20-38-37-19-9-18-32(42(37)28-44(38)46)31-23-24-39-35-15-4-3-13-33(35)34-14-5-6-16-36(34)41(39)26-31/h1-27H,28H2. The van der Waals surface area contributed by atoms with Gasteiger partial charge in [0, 0.05) is 17.2 Å². The van der Waals surface area contributed by atoms with Crippen molar-refractivity contribution >= 4 is 64.9 Å². The maximum Gasteiger partial charge on any atom is 0.0547 e. The highest BCUT2D eigenvalue weighted by molar-refractivity contribution is 6.25. The van der Waals surface area contributed by atoms with Crippen LogP contribution in [-0.2, 0) is 6.42 Å². The third-order valence-electron chi connectivity index (χ3n) is 10.8. The lowest BCUT2D eigenvalue weighted by Gasteiger charge is -2.14. The second-order valence-corrected chi connectivity index (χ2v) is 13.2. The van der Waals surface area contributed by atoms with E-state index in [0.717, 1.165) is 6.42 Å². The van der Waals surface area contributed by atoms with Crippen LogP contribution in [0, 0.1) is 0 Å². The highest BCUT2D eigenvalue weighted by atomic mass is 15.0. The van der Waals surface area contributed by atoms with E-state index < -0.39 is 0 Å². The van der Waals surface area contributed by atoms with Gasteiger partial charge in [0.15, 0.2) is 0 Å². The molecule has 0 amide bonds. The molecule has 48 heavy (non-hydrogen) atoms. The highest BCUT2D eigenvalue weighted by Crippen LogP contribution is 2.46. The van der Waals surface area contributed by atoms with Crippen LogP contribution >= 0.6 is 0 Å². The summed E-state index contributed by atoms with van der Waals surface area (Å²) in [6.45, 7) is 0. The van der Waals surface area contributed by atoms with Gasteiger partial charge in [-0.2, -0.15) is 0 Å². The molecule has 222 valence electrons. The largest absolute Gasteiger partial charge is 0.309 e. The molecule has 1 nitrogen and oxygen atoms in total. The molecule has 0 bridgehead atoms. The predicted octanol–water partition coefficient (Wildman–Crippen LogP) is 12.6. The normalized spacial score (nSPS) is 12.5. The molecule has 1 heterocycles. The van der Waals surface area contributed by atoms with E-state index in [0.29, 0.717) is 0 Å². The number of para-hydroxylation sites is 1. The average Bonchev–Trinajstić information content (AvgIpc) is 3.69. The molecule has 0 fully saturated rings. The van der Waals surface area contributed by atoms with Gasteiger partial charge in [-0.1, -0.05) is 133 Å². The number of fused-ring (bicyclic) bond motifs is 13. The lowest BCUT2D eigenvalue weighted by molar-refractivity contribution is 1.12. The minimum Gasteiger partial charge on any atom is -0.309 e. The Hall–Kier alpha value is -6.18. The summed E-state index contributed by atoms with van der Waals surface area (Å²) in [4.78, 5) is 0. The Balaban J connectivity index is 1.12. The Morgan fingerprint density at radius 1 is 0.333 bits per heavy atom. The minimum absolute atomic E-state index is 0.898. The van der Waals surface area contributed by atoms with E-state index in [1.54, 1.807) is 0 Å². The van der Waals surface area contributed by atoms with Crippen LogP contribution in [0.5, 0.6) is 0 Å². The third kappa shape index (κ3) is 3.51. The van der Waals surface area contributed by atoms with Gasteiger partial charge in [-0.15, -0.1) is 0 Å². The monoisotopic (exact) mass is 607 g/mol. The topological polar surface area (TPSA) is 4.93 Å².